The van der Waals surface area contributed by atoms with E-state index in [1.165, 1.54) is 0 Å². The minimum atomic E-state index is -0.512. The third kappa shape index (κ3) is 7.49. The molecule has 0 aliphatic rings. The third-order valence-corrected chi connectivity index (χ3v) is 2.04. The fourth-order valence-corrected chi connectivity index (χ4v) is 1.01. The summed E-state index contributed by atoms with van der Waals surface area (Å²) < 4.78 is 4.69. The standard InChI is InChI=1S/C12H21NO4/c1-5-17-10(15)7-6-9(14)8-13-11(16)12(2,3)4/h5-8H2,1-4H3,(H,13,16). The van der Waals surface area contributed by atoms with E-state index in [1.807, 2.05) is 0 Å². The van der Waals surface area contributed by atoms with E-state index >= 15 is 0 Å². The van der Waals surface area contributed by atoms with Crippen molar-refractivity contribution in [3.05, 3.63) is 0 Å². The van der Waals surface area contributed by atoms with Gasteiger partial charge in [0.25, 0.3) is 0 Å². The van der Waals surface area contributed by atoms with Crippen molar-refractivity contribution < 1.29 is 19.1 Å². The molecule has 0 aromatic heterocycles. The van der Waals surface area contributed by atoms with Crippen LogP contribution in [0.1, 0.15) is 40.5 Å². The normalized spacial score (nSPS) is 10.8. The highest BCUT2D eigenvalue weighted by atomic mass is 16.5. The Bertz CT molecular complexity index is 291. The number of hydrogen-bond donors (Lipinski definition) is 1. The summed E-state index contributed by atoms with van der Waals surface area (Å²) in [5.41, 5.74) is -0.512. The molecule has 98 valence electrons. The second-order valence-corrected chi connectivity index (χ2v) is 4.78. The number of carbonyl (C=O) groups excluding carboxylic acids is 3. The molecule has 0 heterocycles. The van der Waals surface area contributed by atoms with Crippen molar-refractivity contribution in [2.45, 2.75) is 40.5 Å². The summed E-state index contributed by atoms with van der Waals surface area (Å²) in [7, 11) is 0. The Kier molecular flexibility index (Phi) is 6.46. The summed E-state index contributed by atoms with van der Waals surface area (Å²) in [5, 5.41) is 2.54. The van der Waals surface area contributed by atoms with Gasteiger partial charge in [-0.15, -0.1) is 0 Å². The van der Waals surface area contributed by atoms with E-state index in [2.05, 4.69) is 5.32 Å². The lowest BCUT2D eigenvalue weighted by atomic mass is 9.95. The van der Waals surface area contributed by atoms with Crippen molar-refractivity contribution >= 4 is 17.7 Å². The van der Waals surface area contributed by atoms with E-state index in [9.17, 15) is 14.4 Å². The molecular weight excluding hydrogens is 222 g/mol. The fourth-order valence-electron chi connectivity index (χ4n) is 1.01. The lowest BCUT2D eigenvalue weighted by molar-refractivity contribution is -0.144. The number of esters is 1. The third-order valence-electron chi connectivity index (χ3n) is 2.04. The van der Waals surface area contributed by atoms with Crippen LogP contribution < -0.4 is 5.32 Å². The van der Waals surface area contributed by atoms with Gasteiger partial charge in [-0.2, -0.15) is 0 Å². The maximum Gasteiger partial charge on any atom is 0.306 e. The summed E-state index contributed by atoms with van der Waals surface area (Å²) >= 11 is 0. The van der Waals surface area contributed by atoms with E-state index in [4.69, 9.17) is 4.74 Å². The van der Waals surface area contributed by atoms with Crippen molar-refractivity contribution in [1.29, 1.82) is 0 Å². The molecule has 17 heavy (non-hydrogen) atoms. The minimum absolute atomic E-state index is 0.0322. The average Bonchev–Trinajstić information content (AvgIpc) is 2.22. The van der Waals surface area contributed by atoms with E-state index in [0.29, 0.717) is 6.61 Å². The van der Waals surface area contributed by atoms with Gasteiger partial charge in [0, 0.05) is 11.8 Å². The number of ketones is 1. The van der Waals surface area contributed by atoms with Gasteiger partial charge in [-0.3, -0.25) is 14.4 Å². The summed E-state index contributed by atoms with van der Waals surface area (Å²) in [6.07, 6.45) is 0.168. The molecule has 0 aliphatic carbocycles. The molecule has 5 nitrogen and oxygen atoms in total. The molecule has 5 heteroatoms. The minimum Gasteiger partial charge on any atom is -0.466 e. The van der Waals surface area contributed by atoms with Crippen LogP contribution in [-0.4, -0.2) is 30.8 Å². The largest absolute Gasteiger partial charge is 0.466 e. The predicted molar refractivity (Wildman–Crippen MR) is 63.3 cm³/mol. The Balaban J connectivity index is 3.82. The number of nitrogens with one attached hydrogen (secondary N) is 1. The molecule has 0 aromatic carbocycles. The van der Waals surface area contributed by atoms with E-state index in [-0.39, 0.29) is 37.0 Å². The monoisotopic (exact) mass is 243 g/mol. The SMILES string of the molecule is CCOC(=O)CCC(=O)CNC(=O)C(C)(C)C. The molecule has 1 amide bonds. The van der Waals surface area contributed by atoms with Gasteiger partial charge >= 0.3 is 5.97 Å². The van der Waals surface area contributed by atoms with Crippen LogP contribution in [0.5, 0.6) is 0 Å². The summed E-state index contributed by atoms with van der Waals surface area (Å²) in [5.74, 6) is -0.736. The summed E-state index contributed by atoms with van der Waals surface area (Å²) in [4.78, 5) is 33.8. The Labute approximate surface area is 102 Å². The number of ether oxygens (including phenoxy) is 1. The van der Waals surface area contributed by atoms with Crippen LogP contribution in [0.3, 0.4) is 0 Å². The van der Waals surface area contributed by atoms with Crippen molar-refractivity contribution in [3.8, 4) is 0 Å². The smallest absolute Gasteiger partial charge is 0.306 e. The number of rotatable bonds is 6. The van der Waals surface area contributed by atoms with Gasteiger partial charge in [0.15, 0.2) is 5.78 Å². The van der Waals surface area contributed by atoms with Crippen LogP contribution in [-0.2, 0) is 19.1 Å². The van der Waals surface area contributed by atoms with Gasteiger partial charge in [-0.25, -0.2) is 0 Å². The molecule has 0 aromatic rings. The molecule has 0 rings (SSSR count). The molecular formula is C12H21NO4. The number of Topliss-reactive ketones (excluding diaryl/α,β-unsaturated/α-hetero) is 1. The first-order chi connectivity index (χ1) is 7.77. The van der Waals surface area contributed by atoms with Crippen LogP contribution >= 0.6 is 0 Å². The molecule has 0 spiro atoms. The highest BCUT2D eigenvalue weighted by molar-refractivity contribution is 5.89. The Hall–Kier alpha value is -1.39. The maximum atomic E-state index is 11.5. The Morgan fingerprint density at radius 3 is 2.18 bits per heavy atom. The van der Waals surface area contributed by atoms with Gasteiger partial charge in [0.05, 0.1) is 19.6 Å². The molecule has 1 N–H and O–H groups in total. The lowest BCUT2D eigenvalue weighted by Crippen LogP contribution is -2.38. The first kappa shape index (κ1) is 15.6. The van der Waals surface area contributed by atoms with Crippen molar-refractivity contribution in [2.24, 2.45) is 5.41 Å². The molecule has 0 saturated carbocycles. The van der Waals surface area contributed by atoms with Crippen LogP contribution in [0.4, 0.5) is 0 Å². The van der Waals surface area contributed by atoms with Gasteiger partial charge in [-0.1, -0.05) is 20.8 Å². The second kappa shape index (κ2) is 7.04. The molecule has 0 atom stereocenters. The maximum absolute atomic E-state index is 11.5. The van der Waals surface area contributed by atoms with Crippen molar-refractivity contribution in [1.82, 2.24) is 5.32 Å². The Morgan fingerprint density at radius 2 is 1.71 bits per heavy atom. The molecule has 0 saturated heterocycles. The van der Waals surface area contributed by atoms with Gasteiger partial charge in [0.2, 0.25) is 5.91 Å². The first-order valence-corrected chi connectivity index (χ1v) is 5.73. The zero-order valence-electron chi connectivity index (χ0n) is 11.0. The van der Waals surface area contributed by atoms with E-state index < -0.39 is 5.41 Å². The van der Waals surface area contributed by atoms with Crippen LogP contribution in [0.25, 0.3) is 0 Å². The molecule has 0 bridgehead atoms. The Morgan fingerprint density at radius 1 is 1.12 bits per heavy atom. The average molecular weight is 243 g/mol. The second-order valence-electron chi connectivity index (χ2n) is 4.78. The lowest BCUT2D eigenvalue weighted by Gasteiger charge is -2.17. The van der Waals surface area contributed by atoms with Crippen LogP contribution in [0.15, 0.2) is 0 Å². The van der Waals surface area contributed by atoms with Gasteiger partial charge in [-0.05, 0) is 6.92 Å². The summed E-state index contributed by atoms with van der Waals surface area (Å²) in [6, 6.07) is 0. The highest BCUT2D eigenvalue weighted by Gasteiger charge is 2.21. The molecule has 0 fully saturated rings. The molecule has 0 aliphatic heterocycles. The quantitative estimate of drug-likeness (QED) is 0.708. The van der Waals surface area contributed by atoms with E-state index in [1.54, 1.807) is 27.7 Å². The first-order valence-electron chi connectivity index (χ1n) is 5.73. The van der Waals surface area contributed by atoms with Gasteiger partial charge < -0.3 is 10.1 Å². The number of carbonyl (C=O) groups is 3. The molecule has 0 radical (unpaired) electrons. The zero-order chi connectivity index (χ0) is 13.5. The number of hydrogen-bond acceptors (Lipinski definition) is 4. The zero-order valence-corrected chi connectivity index (χ0v) is 11.0. The summed E-state index contributed by atoms with van der Waals surface area (Å²) in [6.45, 7) is 7.30. The van der Waals surface area contributed by atoms with Crippen LogP contribution in [0, 0.1) is 5.41 Å². The van der Waals surface area contributed by atoms with Gasteiger partial charge in [0.1, 0.15) is 0 Å². The van der Waals surface area contributed by atoms with Crippen LogP contribution in [0.2, 0.25) is 0 Å². The van der Waals surface area contributed by atoms with Crippen molar-refractivity contribution in [2.75, 3.05) is 13.2 Å². The topological polar surface area (TPSA) is 72.5 Å². The van der Waals surface area contributed by atoms with E-state index in [0.717, 1.165) is 0 Å². The highest BCUT2D eigenvalue weighted by Crippen LogP contribution is 2.12. The molecule has 0 unspecified atom stereocenters. The number of amides is 1. The predicted octanol–water partition coefficient (Wildman–Crippen LogP) is 1.06. The van der Waals surface area contributed by atoms with Crippen molar-refractivity contribution in [3.63, 3.8) is 0 Å². The fraction of sp³-hybridized carbons (Fsp3) is 0.750.